The van der Waals surface area contributed by atoms with Gasteiger partial charge in [-0.1, -0.05) is 11.6 Å². The van der Waals surface area contributed by atoms with Gasteiger partial charge in [-0.25, -0.2) is 9.97 Å². The third-order valence-electron chi connectivity index (χ3n) is 3.38. The highest BCUT2D eigenvalue weighted by atomic mass is 35.5. The fraction of sp³-hybridized carbons (Fsp3) is 0.333. The summed E-state index contributed by atoms with van der Waals surface area (Å²) < 4.78 is 15.9. The van der Waals surface area contributed by atoms with Gasteiger partial charge in [0.05, 0.1) is 33.1 Å². The van der Waals surface area contributed by atoms with Gasteiger partial charge in [-0.15, -0.1) is 0 Å². The molecule has 3 rings (SSSR count). The average Bonchev–Trinajstić information content (AvgIpc) is 2.54. The second-order valence-corrected chi connectivity index (χ2v) is 5.03. The number of fused-ring (bicyclic) bond motifs is 1. The number of nitrogens with zero attached hydrogens (tertiary/aromatic N) is 2. The maximum absolute atomic E-state index is 6.25. The average molecular weight is 307 g/mol. The first kappa shape index (κ1) is 14.1. The van der Waals surface area contributed by atoms with Crippen molar-refractivity contribution in [3.8, 4) is 22.9 Å². The molecule has 0 spiro atoms. The molecule has 0 bridgehead atoms. The van der Waals surface area contributed by atoms with Gasteiger partial charge >= 0.3 is 0 Å². The van der Waals surface area contributed by atoms with Crippen LogP contribution in [0.5, 0.6) is 11.5 Å². The third kappa shape index (κ3) is 2.80. The maximum Gasteiger partial charge on any atom is 0.161 e. The van der Waals surface area contributed by atoms with Crippen molar-refractivity contribution < 1.29 is 14.2 Å². The third-order valence-corrected chi connectivity index (χ3v) is 3.69. The van der Waals surface area contributed by atoms with Crippen LogP contribution < -0.4 is 9.47 Å². The van der Waals surface area contributed by atoms with Crippen LogP contribution in [0.3, 0.4) is 0 Å². The van der Waals surface area contributed by atoms with Crippen molar-refractivity contribution in [3.05, 3.63) is 34.6 Å². The molecule has 0 saturated carbocycles. The van der Waals surface area contributed by atoms with E-state index in [4.69, 9.17) is 25.8 Å². The van der Waals surface area contributed by atoms with Gasteiger partial charge in [0.1, 0.15) is 16.7 Å². The van der Waals surface area contributed by atoms with Gasteiger partial charge in [-0.3, -0.25) is 0 Å². The van der Waals surface area contributed by atoms with Crippen LogP contribution in [0.2, 0.25) is 5.15 Å². The molecule has 0 aliphatic carbocycles. The van der Waals surface area contributed by atoms with Gasteiger partial charge < -0.3 is 14.2 Å². The van der Waals surface area contributed by atoms with Crippen LogP contribution in [0.25, 0.3) is 11.4 Å². The summed E-state index contributed by atoms with van der Waals surface area (Å²) in [4.78, 5) is 8.98. The first-order valence-corrected chi connectivity index (χ1v) is 6.95. The van der Waals surface area contributed by atoms with E-state index in [9.17, 15) is 0 Å². The van der Waals surface area contributed by atoms with Crippen molar-refractivity contribution in [1.29, 1.82) is 0 Å². The lowest BCUT2D eigenvalue weighted by molar-refractivity contribution is 0.109. The van der Waals surface area contributed by atoms with Gasteiger partial charge in [0, 0.05) is 23.6 Å². The molecule has 0 atom stereocenters. The highest BCUT2D eigenvalue weighted by Crippen LogP contribution is 2.30. The first-order valence-electron chi connectivity index (χ1n) is 6.57. The number of methoxy groups -OCH3 is 2. The van der Waals surface area contributed by atoms with Crippen LogP contribution >= 0.6 is 11.6 Å². The van der Waals surface area contributed by atoms with Crippen LogP contribution in [0.4, 0.5) is 0 Å². The van der Waals surface area contributed by atoms with Crippen LogP contribution in [0, 0.1) is 0 Å². The Morgan fingerprint density at radius 3 is 2.48 bits per heavy atom. The molecular formula is C15H15ClN2O3. The summed E-state index contributed by atoms with van der Waals surface area (Å²) in [6, 6.07) is 5.52. The summed E-state index contributed by atoms with van der Waals surface area (Å²) >= 11 is 6.25. The maximum atomic E-state index is 6.25. The monoisotopic (exact) mass is 306 g/mol. The molecular weight excluding hydrogens is 292 g/mol. The van der Waals surface area contributed by atoms with Gasteiger partial charge in [-0.2, -0.15) is 0 Å². The number of ether oxygens (including phenoxy) is 3. The molecule has 6 heteroatoms. The summed E-state index contributed by atoms with van der Waals surface area (Å²) in [5.41, 5.74) is 2.63. The normalized spacial score (nSPS) is 13.7. The van der Waals surface area contributed by atoms with E-state index >= 15 is 0 Å². The molecule has 0 unspecified atom stereocenters. The molecule has 1 aliphatic rings. The molecule has 1 aromatic carbocycles. The fourth-order valence-electron chi connectivity index (χ4n) is 2.26. The van der Waals surface area contributed by atoms with Gasteiger partial charge in [-0.05, 0) is 12.1 Å². The Balaban J connectivity index is 2.10. The van der Waals surface area contributed by atoms with Crippen molar-refractivity contribution in [2.45, 2.75) is 13.0 Å². The summed E-state index contributed by atoms with van der Waals surface area (Å²) in [7, 11) is 3.22. The number of rotatable bonds is 3. The molecule has 0 fully saturated rings. The van der Waals surface area contributed by atoms with Crippen LogP contribution in [-0.2, 0) is 17.8 Å². The molecule has 21 heavy (non-hydrogen) atoms. The van der Waals surface area contributed by atoms with Crippen molar-refractivity contribution in [1.82, 2.24) is 9.97 Å². The summed E-state index contributed by atoms with van der Waals surface area (Å²) in [6.07, 6.45) is 0.742. The molecule has 110 valence electrons. The lowest BCUT2D eigenvalue weighted by Crippen LogP contribution is -2.14. The quantitative estimate of drug-likeness (QED) is 0.816. The van der Waals surface area contributed by atoms with E-state index in [0.29, 0.717) is 35.7 Å². The van der Waals surface area contributed by atoms with Crippen molar-refractivity contribution >= 4 is 11.6 Å². The van der Waals surface area contributed by atoms with Crippen LogP contribution in [0.1, 0.15) is 11.3 Å². The standard InChI is InChI=1S/C15H15ClN2O3/c1-19-10-5-9(6-11(7-10)20-2)15-17-13-3-4-21-8-12(13)14(16)18-15/h5-7H,3-4,8H2,1-2H3. The van der Waals surface area contributed by atoms with Crippen molar-refractivity contribution in [3.63, 3.8) is 0 Å². The predicted molar refractivity (Wildman–Crippen MR) is 78.9 cm³/mol. The minimum absolute atomic E-state index is 0.441. The highest BCUT2D eigenvalue weighted by molar-refractivity contribution is 6.30. The highest BCUT2D eigenvalue weighted by Gasteiger charge is 2.18. The Kier molecular flexibility index (Phi) is 3.94. The van der Waals surface area contributed by atoms with Gasteiger partial charge in [0.25, 0.3) is 0 Å². The molecule has 0 amide bonds. The molecule has 0 N–H and O–H groups in total. The molecule has 1 aromatic heterocycles. The smallest absolute Gasteiger partial charge is 0.161 e. The zero-order valence-electron chi connectivity index (χ0n) is 11.9. The molecule has 2 heterocycles. The molecule has 1 aliphatic heterocycles. The van der Waals surface area contributed by atoms with E-state index in [1.54, 1.807) is 20.3 Å². The zero-order chi connectivity index (χ0) is 14.8. The second-order valence-electron chi connectivity index (χ2n) is 4.67. The van der Waals surface area contributed by atoms with Crippen molar-refractivity contribution in [2.24, 2.45) is 0 Å². The Morgan fingerprint density at radius 2 is 1.81 bits per heavy atom. The fourth-order valence-corrected chi connectivity index (χ4v) is 2.50. The Hall–Kier alpha value is -1.85. The lowest BCUT2D eigenvalue weighted by atomic mass is 10.1. The zero-order valence-corrected chi connectivity index (χ0v) is 12.6. The Labute approximate surface area is 127 Å². The number of hydrogen-bond acceptors (Lipinski definition) is 5. The van der Waals surface area contributed by atoms with E-state index in [1.807, 2.05) is 12.1 Å². The second kappa shape index (κ2) is 5.87. The van der Waals surface area contributed by atoms with Gasteiger partial charge in [0.2, 0.25) is 0 Å². The lowest BCUT2D eigenvalue weighted by Gasteiger charge is -2.17. The van der Waals surface area contributed by atoms with E-state index in [0.717, 1.165) is 23.2 Å². The summed E-state index contributed by atoms with van der Waals surface area (Å²) in [6.45, 7) is 1.12. The SMILES string of the molecule is COc1cc(OC)cc(-c2nc(Cl)c3c(n2)CCOC3)c1. The van der Waals surface area contributed by atoms with E-state index in [-0.39, 0.29) is 0 Å². The van der Waals surface area contributed by atoms with Crippen molar-refractivity contribution in [2.75, 3.05) is 20.8 Å². The molecule has 0 radical (unpaired) electrons. The van der Waals surface area contributed by atoms with Crippen LogP contribution in [0.15, 0.2) is 18.2 Å². The number of halogens is 1. The molecule has 5 nitrogen and oxygen atoms in total. The number of aromatic nitrogens is 2. The summed E-state index contributed by atoms with van der Waals surface area (Å²) in [5.74, 6) is 1.94. The largest absolute Gasteiger partial charge is 0.497 e. The Bertz CT molecular complexity index is 654. The molecule has 2 aromatic rings. The summed E-state index contributed by atoms with van der Waals surface area (Å²) in [5, 5.41) is 0.441. The van der Waals surface area contributed by atoms with Gasteiger partial charge in [0.15, 0.2) is 5.82 Å². The van der Waals surface area contributed by atoms with E-state index in [2.05, 4.69) is 9.97 Å². The van der Waals surface area contributed by atoms with Crippen LogP contribution in [-0.4, -0.2) is 30.8 Å². The topological polar surface area (TPSA) is 53.5 Å². The minimum Gasteiger partial charge on any atom is -0.497 e. The number of benzene rings is 1. The van der Waals surface area contributed by atoms with E-state index in [1.165, 1.54) is 0 Å². The Morgan fingerprint density at radius 1 is 1.10 bits per heavy atom. The molecule has 0 saturated heterocycles. The predicted octanol–water partition coefficient (Wildman–Crippen LogP) is 2.89. The number of hydrogen-bond donors (Lipinski definition) is 0. The minimum atomic E-state index is 0.441. The first-order chi connectivity index (χ1) is 10.2. The van der Waals surface area contributed by atoms with E-state index < -0.39 is 0 Å².